The van der Waals surface area contributed by atoms with Gasteiger partial charge in [0, 0.05) is 24.9 Å². The van der Waals surface area contributed by atoms with Gasteiger partial charge in [0.2, 0.25) is 0 Å². The van der Waals surface area contributed by atoms with E-state index in [1.165, 1.54) is 22.6 Å². The van der Waals surface area contributed by atoms with E-state index in [1.807, 2.05) is 6.07 Å². The van der Waals surface area contributed by atoms with Crippen LogP contribution in [0.5, 0.6) is 0 Å². The third-order valence-electron chi connectivity index (χ3n) is 3.28. The van der Waals surface area contributed by atoms with E-state index in [2.05, 4.69) is 46.9 Å². The monoisotopic (exact) mass is 389 g/mol. The van der Waals surface area contributed by atoms with Gasteiger partial charge in [-0.15, -0.1) is 11.3 Å². The third kappa shape index (κ3) is 2.59. The smallest absolute Gasteiger partial charge is 0.0503 e. The normalized spacial score (nSPS) is 16.8. The zero-order valence-corrected chi connectivity index (χ0v) is 13.4. The van der Waals surface area contributed by atoms with E-state index in [4.69, 9.17) is 17.3 Å². The van der Waals surface area contributed by atoms with Crippen LogP contribution in [0.1, 0.15) is 23.8 Å². The number of hydrogen-bond acceptors (Lipinski definition) is 2. The first kappa shape index (κ1) is 12.9. The van der Waals surface area contributed by atoms with Crippen LogP contribution in [0.4, 0.5) is 0 Å². The summed E-state index contributed by atoms with van der Waals surface area (Å²) >= 11 is 10.3. The Balaban J connectivity index is 1.92. The molecule has 0 spiro atoms. The molecule has 18 heavy (non-hydrogen) atoms. The molecule has 0 bridgehead atoms. The van der Waals surface area contributed by atoms with Crippen LogP contribution in [0.2, 0.25) is 5.02 Å². The Bertz CT molecular complexity index is 577. The lowest BCUT2D eigenvalue weighted by Gasteiger charge is -2.06. The Morgan fingerprint density at radius 3 is 2.72 bits per heavy atom. The van der Waals surface area contributed by atoms with Crippen LogP contribution in [-0.4, -0.2) is 0 Å². The predicted molar refractivity (Wildman–Crippen MR) is 87.1 cm³/mol. The molecule has 2 aromatic rings. The van der Waals surface area contributed by atoms with Gasteiger partial charge >= 0.3 is 0 Å². The summed E-state index contributed by atoms with van der Waals surface area (Å²) in [5.41, 5.74) is 7.34. The summed E-state index contributed by atoms with van der Waals surface area (Å²) in [4.78, 5) is 2.49. The number of rotatable bonds is 3. The van der Waals surface area contributed by atoms with Gasteiger partial charge in [0.1, 0.15) is 0 Å². The maximum atomic E-state index is 6.30. The van der Waals surface area contributed by atoms with E-state index < -0.39 is 0 Å². The van der Waals surface area contributed by atoms with E-state index in [-0.39, 0.29) is 6.04 Å². The summed E-state index contributed by atoms with van der Waals surface area (Å²) in [6.07, 6.45) is 2.55. The predicted octanol–water partition coefficient (Wildman–Crippen LogP) is 5.08. The zero-order chi connectivity index (χ0) is 12.7. The van der Waals surface area contributed by atoms with Crippen LogP contribution in [0.3, 0.4) is 0 Å². The van der Waals surface area contributed by atoms with Crippen LogP contribution in [0.25, 0.3) is 10.4 Å². The molecule has 0 radical (unpaired) electrons. The molecule has 0 saturated heterocycles. The Kier molecular flexibility index (Phi) is 3.67. The van der Waals surface area contributed by atoms with Crippen molar-refractivity contribution in [2.75, 3.05) is 0 Å². The fourth-order valence-electron chi connectivity index (χ4n) is 2.05. The van der Waals surface area contributed by atoms with Gasteiger partial charge in [-0.3, -0.25) is 0 Å². The molecule has 2 N–H and O–H groups in total. The van der Waals surface area contributed by atoms with Crippen molar-refractivity contribution >= 4 is 45.5 Å². The zero-order valence-electron chi connectivity index (χ0n) is 9.70. The quantitative estimate of drug-likeness (QED) is 0.728. The Morgan fingerprint density at radius 1 is 1.28 bits per heavy atom. The number of thiophene rings is 1. The van der Waals surface area contributed by atoms with Crippen LogP contribution in [0, 0.1) is 9.49 Å². The van der Waals surface area contributed by atoms with Gasteiger partial charge in [0.05, 0.1) is 5.02 Å². The maximum Gasteiger partial charge on any atom is 0.0503 e. The van der Waals surface area contributed by atoms with Gasteiger partial charge in [0.15, 0.2) is 0 Å². The summed E-state index contributed by atoms with van der Waals surface area (Å²) in [7, 11) is 0. The molecule has 1 aliphatic carbocycles. The van der Waals surface area contributed by atoms with Gasteiger partial charge in [0.25, 0.3) is 0 Å². The molecule has 1 aromatic heterocycles. The highest BCUT2D eigenvalue weighted by molar-refractivity contribution is 14.1. The van der Waals surface area contributed by atoms with Crippen molar-refractivity contribution in [2.24, 2.45) is 11.7 Å². The Hall–Kier alpha value is -0.100. The highest BCUT2D eigenvalue weighted by atomic mass is 127. The van der Waals surface area contributed by atoms with Crippen LogP contribution in [-0.2, 0) is 0 Å². The lowest BCUT2D eigenvalue weighted by atomic mass is 10.1. The minimum absolute atomic E-state index is 0.214. The molecule has 4 heteroatoms. The van der Waals surface area contributed by atoms with Gasteiger partial charge in [-0.05, 0) is 65.6 Å². The standard InChI is InChI=1S/C14H13ClINS/c15-11-7-9(16)3-4-10(11)12-5-6-13(18-12)14(17)8-1-2-8/h3-8,14H,1-2,17H2. The molecule has 1 aromatic carbocycles. The number of halogens is 2. The molecule has 1 heterocycles. The van der Waals surface area contributed by atoms with Crippen molar-refractivity contribution in [3.63, 3.8) is 0 Å². The summed E-state index contributed by atoms with van der Waals surface area (Å²) in [6.45, 7) is 0. The van der Waals surface area contributed by atoms with Crippen molar-refractivity contribution in [1.29, 1.82) is 0 Å². The molecular weight excluding hydrogens is 377 g/mol. The number of nitrogens with two attached hydrogens (primary N) is 1. The number of benzene rings is 1. The van der Waals surface area contributed by atoms with E-state index >= 15 is 0 Å². The van der Waals surface area contributed by atoms with Crippen molar-refractivity contribution in [3.8, 4) is 10.4 Å². The fraction of sp³-hybridized carbons (Fsp3) is 0.286. The summed E-state index contributed by atoms with van der Waals surface area (Å²) in [6, 6.07) is 10.7. The fourth-order valence-corrected chi connectivity index (χ4v) is 4.21. The van der Waals surface area contributed by atoms with E-state index in [9.17, 15) is 0 Å². The molecular formula is C14H13ClINS. The molecule has 3 rings (SSSR count). The summed E-state index contributed by atoms with van der Waals surface area (Å²) in [5, 5.41) is 0.815. The lowest BCUT2D eigenvalue weighted by Crippen LogP contribution is -2.10. The van der Waals surface area contributed by atoms with E-state index in [0.29, 0.717) is 5.92 Å². The molecule has 1 aliphatic rings. The third-order valence-corrected chi connectivity index (χ3v) is 5.49. The van der Waals surface area contributed by atoms with E-state index in [0.717, 1.165) is 14.2 Å². The average Bonchev–Trinajstić information content (AvgIpc) is 3.07. The van der Waals surface area contributed by atoms with Crippen LogP contribution in [0.15, 0.2) is 30.3 Å². The van der Waals surface area contributed by atoms with Crippen molar-refractivity contribution in [2.45, 2.75) is 18.9 Å². The van der Waals surface area contributed by atoms with Crippen molar-refractivity contribution < 1.29 is 0 Å². The second-order valence-electron chi connectivity index (χ2n) is 4.69. The molecule has 1 fully saturated rings. The van der Waals surface area contributed by atoms with Crippen molar-refractivity contribution in [1.82, 2.24) is 0 Å². The lowest BCUT2D eigenvalue weighted by molar-refractivity contribution is 0.645. The summed E-state index contributed by atoms with van der Waals surface area (Å²) < 4.78 is 1.16. The topological polar surface area (TPSA) is 26.0 Å². The van der Waals surface area contributed by atoms with Crippen LogP contribution >= 0.6 is 45.5 Å². The molecule has 1 unspecified atom stereocenters. The first-order chi connectivity index (χ1) is 8.65. The Morgan fingerprint density at radius 2 is 2.06 bits per heavy atom. The first-order valence-electron chi connectivity index (χ1n) is 5.96. The second-order valence-corrected chi connectivity index (χ2v) is 7.46. The molecule has 1 saturated carbocycles. The average molecular weight is 390 g/mol. The summed E-state index contributed by atoms with van der Waals surface area (Å²) in [5.74, 6) is 0.698. The highest BCUT2D eigenvalue weighted by Gasteiger charge is 2.30. The van der Waals surface area contributed by atoms with Gasteiger partial charge < -0.3 is 5.73 Å². The minimum atomic E-state index is 0.214. The van der Waals surface area contributed by atoms with Gasteiger partial charge in [-0.2, -0.15) is 0 Å². The molecule has 1 nitrogen and oxygen atoms in total. The molecule has 1 atom stereocenters. The van der Waals surface area contributed by atoms with Gasteiger partial charge in [-0.1, -0.05) is 17.7 Å². The SMILES string of the molecule is NC(c1ccc(-c2ccc(I)cc2Cl)s1)C1CC1. The first-order valence-corrected chi connectivity index (χ1v) is 8.23. The highest BCUT2D eigenvalue weighted by Crippen LogP contribution is 2.43. The Labute approximate surface area is 129 Å². The van der Waals surface area contributed by atoms with Crippen molar-refractivity contribution in [3.05, 3.63) is 43.8 Å². The molecule has 0 amide bonds. The second kappa shape index (κ2) is 5.12. The minimum Gasteiger partial charge on any atom is -0.323 e. The van der Waals surface area contributed by atoms with Crippen LogP contribution < -0.4 is 5.73 Å². The maximum absolute atomic E-state index is 6.30. The molecule has 94 valence electrons. The number of hydrogen-bond donors (Lipinski definition) is 1. The largest absolute Gasteiger partial charge is 0.323 e. The van der Waals surface area contributed by atoms with E-state index in [1.54, 1.807) is 11.3 Å². The van der Waals surface area contributed by atoms with Gasteiger partial charge in [-0.25, -0.2) is 0 Å². The molecule has 0 aliphatic heterocycles.